The zero-order valence-electron chi connectivity index (χ0n) is 18.6. The molecule has 0 radical (unpaired) electrons. The highest BCUT2D eigenvalue weighted by molar-refractivity contribution is 7.90. The van der Waals surface area contributed by atoms with Gasteiger partial charge < -0.3 is 20.0 Å². The van der Waals surface area contributed by atoms with Crippen molar-refractivity contribution in [1.82, 2.24) is 24.6 Å². The smallest absolute Gasteiger partial charge is 0.247 e. The van der Waals surface area contributed by atoms with E-state index in [1.54, 1.807) is 35.1 Å². The van der Waals surface area contributed by atoms with Crippen LogP contribution in [0.5, 0.6) is 0 Å². The zero-order chi connectivity index (χ0) is 23.0. The molecule has 2 aromatic heterocycles. The standard InChI is InChI=1S/C22H26N8O2S/c1-27-7-9-28(10-8-27)19-13-17(14-23-15-19)24-22-25-21-16-29(11-12-30(21)26-22)18-3-5-20(6-4-18)33(2,31)32/h3-6,11-15H,7-10,16H2,1-2H3,(H,24,26). The number of nitrogens with one attached hydrogen (secondary N) is 1. The van der Waals surface area contributed by atoms with Gasteiger partial charge in [0.15, 0.2) is 15.7 Å². The van der Waals surface area contributed by atoms with Crippen molar-refractivity contribution in [3.63, 3.8) is 0 Å². The van der Waals surface area contributed by atoms with E-state index in [0.717, 1.165) is 49.1 Å². The van der Waals surface area contributed by atoms with Gasteiger partial charge in [-0.1, -0.05) is 0 Å². The molecular weight excluding hydrogens is 440 g/mol. The molecule has 0 amide bonds. The molecule has 33 heavy (non-hydrogen) atoms. The van der Waals surface area contributed by atoms with Crippen LogP contribution in [-0.4, -0.2) is 72.5 Å². The van der Waals surface area contributed by atoms with E-state index in [4.69, 9.17) is 0 Å². The summed E-state index contributed by atoms with van der Waals surface area (Å²) in [7, 11) is -1.08. The Bertz CT molecular complexity index is 1280. The van der Waals surface area contributed by atoms with Crippen molar-refractivity contribution in [3.8, 4) is 0 Å². The summed E-state index contributed by atoms with van der Waals surface area (Å²) in [4.78, 5) is 16.0. The number of nitrogens with zero attached hydrogens (tertiary/aromatic N) is 7. The molecular formula is C22H26N8O2S. The van der Waals surface area contributed by atoms with E-state index in [-0.39, 0.29) is 0 Å². The molecule has 3 aromatic rings. The Hall–Kier alpha value is -3.44. The minimum absolute atomic E-state index is 0.300. The third-order valence-corrected chi connectivity index (χ3v) is 6.97. The molecule has 1 fully saturated rings. The summed E-state index contributed by atoms with van der Waals surface area (Å²) in [6, 6.07) is 8.89. The number of sulfone groups is 1. The maximum Gasteiger partial charge on any atom is 0.247 e. The Morgan fingerprint density at radius 2 is 1.73 bits per heavy atom. The highest BCUT2D eigenvalue weighted by atomic mass is 32.2. The molecule has 0 spiro atoms. The van der Waals surface area contributed by atoms with Gasteiger partial charge >= 0.3 is 0 Å². The molecule has 4 heterocycles. The van der Waals surface area contributed by atoms with Gasteiger partial charge in [-0.15, -0.1) is 5.10 Å². The lowest BCUT2D eigenvalue weighted by molar-refractivity contribution is 0.313. The van der Waals surface area contributed by atoms with Crippen LogP contribution >= 0.6 is 0 Å². The SMILES string of the molecule is CN1CCN(c2cncc(Nc3nc4n(n3)C=CN(c3ccc(S(C)(=O)=O)cc3)C4)c2)CC1. The van der Waals surface area contributed by atoms with E-state index in [1.165, 1.54) is 6.26 Å². The number of likely N-dealkylation sites (N-methyl/N-ethyl adjacent to an activating group) is 1. The zero-order valence-corrected chi connectivity index (χ0v) is 19.4. The van der Waals surface area contributed by atoms with Crippen molar-refractivity contribution in [3.05, 3.63) is 54.7 Å². The van der Waals surface area contributed by atoms with E-state index in [0.29, 0.717) is 17.4 Å². The summed E-state index contributed by atoms with van der Waals surface area (Å²) in [5.41, 5.74) is 2.80. The van der Waals surface area contributed by atoms with Crippen molar-refractivity contribution in [2.24, 2.45) is 0 Å². The fourth-order valence-corrected chi connectivity index (χ4v) is 4.54. The van der Waals surface area contributed by atoms with Crippen molar-refractivity contribution < 1.29 is 8.42 Å². The van der Waals surface area contributed by atoms with Crippen LogP contribution in [0.1, 0.15) is 5.82 Å². The Balaban J connectivity index is 1.28. The average molecular weight is 467 g/mol. The molecule has 0 aliphatic carbocycles. The summed E-state index contributed by atoms with van der Waals surface area (Å²) in [5.74, 6) is 1.27. The monoisotopic (exact) mass is 466 g/mol. The molecule has 0 atom stereocenters. The average Bonchev–Trinajstić information content (AvgIpc) is 3.20. The van der Waals surface area contributed by atoms with Gasteiger partial charge in [-0.25, -0.2) is 13.1 Å². The van der Waals surface area contributed by atoms with E-state index >= 15 is 0 Å². The number of fused-ring (bicyclic) bond motifs is 1. The first-order valence-corrected chi connectivity index (χ1v) is 12.6. The number of hydrogen-bond acceptors (Lipinski definition) is 9. The molecule has 10 nitrogen and oxygen atoms in total. The second kappa shape index (κ2) is 8.49. The summed E-state index contributed by atoms with van der Waals surface area (Å²) in [6.45, 7) is 4.54. The van der Waals surface area contributed by atoms with Gasteiger partial charge in [0, 0.05) is 50.5 Å². The fraction of sp³-hybridized carbons (Fsp3) is 0.318. The fourth-order valence-electron chi connectivity index (χ4n) is 3.91. The molecule has 2 aliphatic heterocycles. The maximum absolute atomic E-state index is 11.7. The lowest BCUT2D eigenvalue weighted by Gasteiger charge is -2.33. The summed E-state index contributed by atoms with van der Waals surface area (Å²) < 4.78 is 25.1. The molecule has 1 saturated heterocycles. The molecule has 2 aliphatic rings. The number of rotatable bonds is 5. The number of hydrogen-bond donors (Lipinski definition) is 1. The summed E-state index contributed by atoms with van der Waals surface area (Å²) in [6.07, 6.45) is 8.59. The van der Waals surface area contributed by atoms with Crippen molar-refractivity contribution >= 4 is 39.0 Å². The highest BCUT2D eigenvalue weighted by Gasteiger charge is 2.18. The largest absolute Gasteiger partial charge is 0.368 e. The van der Waals surface area contributed by atoms with Gasteiger partial charge in [0.05, 0.1) is 35.2 Å². The topological polar surface area (TPSA) is 99.5 Å². The highest BCUT2D eigenvalue weighted by Crippen LogP contribution is 2.25. The quantitative estimate of drug-likeness (QED) is 0.605. The Kier molecular flexibility index (Phi) is 5.51. The van der Waals surface area contributed by atoms with E-state index in [2.05, 4.69) is 43.3 Å². The lowest BCUT2D eigenvalue weighted by atomic mass is 10.2. The molecule has 11 heteroatoms. The van der Waals surface area contributed by atoms with Crippen LogP contribution in [0.15, 0.2) is 53.8 Å². The molecule has 0 unspecified atom stereocenters. The number of anilines is 4. The van der Waals surface area contributed by atoms with Crippen molar-refractivity contribution in [1.29, 1.82) is 0 Å². The molecule has 1 aromatic carbocycles. The Morgan fingerprint density at radius 1 is 0.970 bits per heavy atom. The first kappa shape index (κ1) is 21.4. The molecule has 5 rings (SSSR count). The van der Waals surface area contributed by atoms with Crippen LogP contribution in [0.4, 0.5) is 23.0 Å². The normalized spacial score (nSPS) is 16.7. The second-order valence-electron chi connectivity index (χ2n) is 8.34. The first-order valence-electron chi connectivity index (χ1n) is 10.7. The predicted octanol–water partition coefficient (Wildman–Crippen LogP) is 2.02. The van der Waals surface area contributed by atoms with Gasteiger partial charge in [-0.2, -0.15) is 4.98 Å². The van der Waals surface area contributed by atoms with Gasteiger partial charge in [0.1, 0.15) is 0 Å². The number of aromatic nitrogens is 4. The summed E-state index contributed by atoms with van der Waals surface area (Å²) in [5, 5.41) is 7.79. The van der Waals surface area contributed by atoms with Gasteiger partial charge in [0.25, 0.3) is 0 Å². The summed E-state index contributed by atoms with van der Waals surface area (Å²) >= 11 is 0. The van der Waals surface area contributed by atoms with E-state index < -0.39 is 9.84 Å². The third-order valence-electron chi connectivity index (χ3n) is 5.85. The molecule has 0 bridgehead atoms. The van der Waals surface area contributed by atoms with Gasteiger partial charge in [-0.3, -0.25) is 4.98 Å². The van der Waals surface area contributed by atoms with Crippen LogP contribution in [0.25, 0.3) is 6.20 Å². The van der Waals surface area contributed by atoms with Crippen molar-refractivity contribution in [2.75, 3.05) is 54.6 Å². The third kappa shape index (κ3) is 4.69. The minimum atomic E-state index is -3.22. The van der Waals surface area contributed by atoms with Crippen LogP contribution in [0.3, 0.4) is 0 Å². The Morgan fingerprint density at radius 3 is 2.45 bits per heavy atom. The molecule has 0 saturated carbocycles. The van der Waals surface area contributed by atoms with Gasteiger partial charge in [0.2, 0.25) is 5.95 Å². The van der Waals surface area contributed by atoms with Crippen molar-refractivity contribution in [2.45, 2.75) is 11.4 Å². The first-order chi connectivity index (χ1) is 15.8. The number of benzene rings is 1. The lowest BCUT2D eigenvalue weighted by Crippen LogP contribution is -2.44. The molecule has 1 N–H and O–H groups in total. The maximum atomic E-state index is 11.7. The second-order valence-corrected chi connectivity index (χ2v) is 10.4. The van der Waals surface area contributed by atoms with E-state index in [9.17, 15) is 8.42 Å². The molecule has 172 valence electrons. The van der Waals surface area contributed by atoms with Crippen LogP contribution in [0.2, 0.25) is 0 Å². The predicted molar refractivity (Wildman–Crippen MR) is 128 cm³/mol. The van der Waals surface area contributed by atoms with Crippen LogP contribution in [0, 0.1) is 0 Å². The van der Waals surface area contributed by atoms with Crippen LogP contribution < -0.4 is 15.1 Å². The Labute approximate surface area is 193 Å². The van der Waals surface area contributed by atoms with E-state index in [1.807, 2.05) is 23.5 Å². The minimum Gasteiger partial charge on any atom is -0.368 e. The number of pyridine rings is 1. The number of piperazine rings is 1. The van der Waals surface area contributed by atoms with Crippen LogP contribution in [-0.2, 0) is 16.4 Å². The van der Waals surface area contributed by atoms with Gasteiger partial charge in [-0.05, 0) is 37.4 Å².